The third-order valence-corrected chi connectivity index (χ3v) is 4.86. The lowest BCUT2D eigenvalue weighted by Crippen LogP contribution is -2.49. The van der Waals surface area contributed by atoms with Crippen LogP contribution in [0.25, 0.3) is 0 Å². The lowest BCUT2D eigenvalue weighted by molar-refractivity contribution is -0.119. The van der Waals surface area contributed by atoms with E-state index in [2.05, 4.69) is 20.8 Å². The summed E-state index contributed by atoms with van der Waals surface area (Å²) in [5, 5.41) is 13.3. The number of nitrogens with one attached hydrogen (secondary N) is 2. The van der Waals surface area contributed by atoms with Crippen LogP contribution in [-0.2, 0) is 18.4 Å². The van der Waals surface area contributed by atoms with Crippen LogP contribution in [0.15, 0.2) is 29.4 Å². The highest BCUT2D eigenvalue weighted by molar-refractivity contribution is 8.00. The van der Waals surface area contributed by atoms with Gasteiger partial charge in [0.1, 0.15) is 18.1 Å². The molecule has 1 atom stereocenters. The van der Waals surface area contributed by atoms with Crippen LogP contribution in [0, 0.1) is 0 Å². The summed E-state index contributed by atoms with van der Waals surface area (Å²) in [5.41, 5.74) is -0.427. The SMILES string of the molecule is COc1ccc(OCc2nnc(S[C@@H](C)C(=O)NC(=O)NC(C)(C)C)n2C)cc1. The Morgan fingerprint density at radius 2 is 1.79 bits per heavy atom. The van der Waals surface area contributed by atoms with Gasteiger partial charge in [-0.15, -0.1) is 10.2 Å². The molecule has 3 amide bonds. The highest BCUT2D eigenvalue weighted by Gasteiger charge is 2.22. The molecular weight excluding hydrogens is 394 g/mol. The Morgan fingerprint density at radius 1 is 1.17 bits per heavy atom. The standard InChI is InChI=1S/C19H27N5O4S/c1-12(16(25)20-17(26)21-19(2,3)4)29-18-23-22-15(24(18)5)11-28-14-9-7-13(27-6)8-10-14/h7-10,12H,11H2,1-6H3,(H2,20,21,25,26)/t12-/m0/s1. The molecule has 0 aliphatic heterocycles. The van der Waals surface area contributed by atoms with Crippen LogP contribution >= 0.6 is 11.8 Å². The van der Waals surface area contributed by atoms with E-state index in [-0.39, 0.29) is 6.61 Å². The Balaban J connectivity index is 1.90. The van der Waals surface area contributed by atoms with Crippen LogP contribution in [-0.4, -0.2) is 44.6 Å². The van der Waals surface area contributed by atoms with Crippen LogP contribution < -0.4 is 20.1 Å². The van der Waals surface area contributed by atoms with Crippen molar-refractivity contribution < 1.29 is 19.1 Å². The second-order valence-corrected chi connectivity index (χ2v) is 8.68. The molecule has 2 aromatic rings. The van der Waals surface area contributed by atoms with Crippen molar-refractivity contribution in [3.8, 4) is 11.5 Å². The monoisotopic (exact) mass is 421 g/mol. The molecule has 0 aliphatic rings. The van der Waals surface area contributed by atoms with Gasteiger partial charge in [0.05, 0.1) is 12.4 Å². The summed E-state index contributed by atoms with van der Waals surface area (Å²) >= 11 is 1.21. The highest BCUT2D eigenvalue weighted by atomic mass is 32.2. The number of rotatable bonds is 7. The van der Waals surface area contributed by atoms with Gasteiger partial charge in [-0.1, -0.05) is 11.8 Å². The maximum Gasteiger partial charge on any atom is 0.321 e. The first-order valence-electron chi connectivity index (χ1n) is 9.04. The van der Waals surface area contributed by atoms with Crippen molar-refractivity contribution in [2.45, 2.75) is 50.2 Å². The number of amides is 3. The minimum atomic E-state index is -0.529. The molecule has 10 heteroatoms. The zero-order chi connectivity index (χ0) is 21.6. The van der Waals surface area contributed by atoms with Crippen LogP contribution in [0.3, 0.4) is 0 Å². The summed E-state index contributed by atoms with van der Waals surface area (Å²) in [5.74, 6) is 1.64. The van der Waals surface area contributed by atoms with Crippen LogP contribution in [0.5, 0.6) is 11.5 Å². The molecule has 0 fully saturated rings. The van der Waals surface area contributed by atoms with Gasteiger partial charge < -0.3 is 19.4 Å². The van der Waals surface area contributed by atoms with Crippen molar-refractivity contribution >= 4 is 23.7 Å². The van der Waals surface area contributed by atoms with E-state index in [0.717, 1.165) is 5.75 Å². The van der Waals surface area contributed by atoms with Crippen molar-refractivity contribution in [1.82, 2.24) is 25.4 Å². The second kappa shape index (κ2) is 9.64. The number of nitrogens with zero attached hydrogens (tertiary/aromatic N) is 3. The minimum absolute atomic E-state index is 0.227. The summed E-state index contributed by atoms with van der Waals surface area (Å²) in [7, 11) is 3.40. The Kier molecular flexibility index (Phi) is 7.49. The van der Waals surface area contributed by atoms with Crippen molar-refractivity contribution in [3.63, 3.8) is 0 Å². The quantitative estimate of drug-likeness (QED) is 0.662. The normalized spacial score (nSPS) is 12.2. The predicted molar refractivity (Wildman–Crippen MR) is 110 cm³/mol. The van der Waals surface area contributed by atoms with Gasteiger partial charge in [0.25, 0.3) is 0 Å². The van der Waals surface area contributed by atoms with E-state index in [9.17, 15) is 9.59 Å². The first-order chi connectivity index (χ1) is 13.6. The molecule has 1 aromatic carbocycles. The van der Waals surface area contributed by atoms with Gasteiger partial charge >= 0.3 is 6.03 Å². The Labute approximate surface area is 174 Å². The van der Waals surface area contributed by atoms with Gasteiger partial charge in [0.2, 0.25) is 5.91 Å². The fraction of sp³-hybridized carbons (Fsp3) is 0.474. The molecule has 158 valence electrons. The van der Waals surface area contributed by atoms with Crippen molar-refractivity contribution in [3.05, 3.63) is 30.1 Å². The summed E-state index contributed by atoms with van der Waals surface area (Å²) in [6, 6.07) is 6.70. The minimum Gasteiger partial charge on any atom is -0.497 e. The number of ether oxygens (including phenoxy) is 2. The number of imide groups is 1. The van der Waals surface area contributed by atoms with E-state index in [4.69, 9.17) is 9.47 Å². The largest absolute Gasteiger partial charge is 0.497 e. The van der Waals surface area contributed by atoms with E-state index in [1.54, 1.807) is 37.8 Å². The van der Waals surface area contributed by atoms with E-state index in [0.29, 0.717) is 16.7 Å². The number of benzene rings is 1. The molecule has 1 heterocycles. The molecular formula is C19H27N5O4S. The number of carbonyl (C=O) groups excluding carboxylic acids is 2. The molecule has 0 radical (unpaired) electrons. The Hall–Kier alpha value is -2.75. The zero-order valence-corrected chi connectivity index (χ0v) is 18.3. The second-order valence-electron chi connectivity index (χ2n) is 7.38. The fourth-order valence-electron chi connectivity index (χ4n) is 2.19. The number of urea groups is 1. The summed E-state index contributed by atoms with van der Waals surface area (Å²) in [6.07, 6.45) is 0. The highest BCUT2D eigenvalue weighted by Crippen LogP contribution is 2.22. The molecule has 0 saturated carbocycles. The van der Waals surface area contributed by atoms with E-state index in [1.807, 2.05) is 32.9 Å². The molecule has 0 aliphatic carbocycles. The summed E-state index contributed by atoms with van der Waals surface area (Å²) in [4.78, 5) is 24.1. The third-order valence-electron chi connectivity index (χ3n) is 3.73. The van der Waals surface area contributed by atoms with E-state index >= 15 is 0 Å². The van der Waals surface area contributed by atoms with Crippen molar-refractivity contribution in [2.75, 3.05) is 7.11 Å². The molecule has 29 heavy (non-hydrogen) atoms. The average molecular weight is 422 g/mol. The lowest BCUT2D eigenvalue weighted by Gasteiger charge is -2.21. The van der Waals surface area contributed by atoms with Gasteiger partial charge in [-0.25, -0.2) is 4.79 Å². The lowest BCUT2D eigenvalue weighted by atomic mass is 10.1. The molecule has 1 aromatic heterocycles. The number of thioether (sulfide) groups is 1. The number of methoxy groups -OCH3 is 1. The van der Waals surface area contributed by atoms with Crippen LogP contribution in [0.1, 0.15) is 33.5 Å². The molecule has 2 rings (SSSR count). The maximum absolute atomic E-state index is 12.2. The van der Waals surface area contributed by atoms with Gasteiger partial charge in [-0.2, -0.15) is 0 Å². The fourth-order valence-corrected chi connectivity index (χ4v) is 3.02. The number of carbonyl (C=O) groups is 2. The molecule has 0 unspecified atom stereocenters. The summed E-state index contributed by atoms with van der Waals surface area (Å²) in [6.45, 7) is 7.44. The van der Waals surface area contributed by atoms with E-state index in [1.165, 1.54) is 11.8 Å². The Morgan fingerprint density at radius 3 is 2.38 bits per heavy atom. The first-order valence-corrected chi connectivity index (χ1v) is 9.92. The van der Waals surface area contributed by atoms with Crippen molar-refractivity contribution in [2.24, 2.45) is 7.05 Å². The molecule has 0 spiro atoms. The molecule has 0 bridgehead atoms. The topological polar surface area (TPSA) is 107 Å². The van der Waals surface area contributed by atoms with Gasteiger partial charge in [0.15, 0.2) is 11.0 Å². The maximum atomic E-state index is 12.2. The average Bonchev–Trinajstić information content (AvgIpc) is 2.98. The molecule has 0 saturated heterocycles. The summed E-state index contributed by atoms with van der Waals surface area (Å²) < 4.78 is 12.6. The van der Waals surface area contributed by atoms with Gasteiger partial charge in [0, 0.05) is 12.6 Å². The van der Waals surface area contributed by atoms with Gasteiger partial charge in [-0.05, 0) is 52.0 Å². The third kappa shape index (κ3) is 6.97. The number of hydrogen-bond acceptors (Lipinski definition) is 7. The number of aromatic nitrogens is 3. The molecule has 9 nitrogen and oxygen atoms in total. The van der Waals surface area contributed by atoms with Gasteiger partial charge in [-0.3, -0.25) is 10.1 Å². The zero-order valence-electron chi connectivity index (χ0n) is 17.5. The van der Waals surface area contributed by atoms with Crippen LogP contribution in [0.4, 0.5) is 4.79 Å². The van der Waals surface area contributed by atoms with E-state index < -0.39 is 22.7 Å². The number of hydrogen-bond donors (Lipinski definition) is 2. The first kappa shape index (κ1) is 22.5. The van der Waals surface area contributed by atoms with Crippen molar-refractivity contribution in [1.29, 1.82) is 0 Å². The molecule has 2 N–H and O–H groups in total. The predicted octanol–water partition coefficient (Wildman–Crippen LogP) is 2.51. The smallest absolute Gasteiger partial charge is 0.321 e. The Bertz CT molecular complexity index is 845. The van der Waals surface area contributed by atoms with Crippen LogP contribution in [0.2, 0.25) is 0 Å².